The largest absolute Gasteiger partial charge is 0.299 e. The van der Waals surface area contributed by atoms with Gasteiger partial charge in [-0.25, -0.2) is 4.39 Å². The van der Waals surface area contributed by atoms with Crippen molar-refractivity contribution in [1.29, 1.82) is 0 Å². The Hall–Kier alpha value is -0.410. The summed E-state index contributed by atoms with van der Waals surface area (Å²) < 4.78 is 14.1. The molecule has 1 aromatic carbocycles. The van der Waals surface area contributed by atoms with Gasteiger partial charge in [-0.1, -0.05) is 29.8 Å². The van der Waals surface area contributed by atoms with Crippen molar-refractivity contribution in [2.75, 3.05) is 13.1 Å². The lowest BCUT2D eigenvalue weighted by molar-refractivity contribution is 0.296. The molecule has 0 radical (unpaired) electrons. The Kier molecular flexibility index (Phi) is 4.21. The van der Waals surface area contributed by atoms with E-state index in [1.54, 1.807) is 6.07 Å². The van der Waals surface area contributed by atoms with Crippen molar-refractivity contribution >= 4 is 15.9 Å². The summed E-state index contributed by atoms with van der Waals surface area (Å²) in [7, 11) is 0. The lowest BCUT2D eigenvalue weighted by Crippen LogP contribution is -2.21. The summed E-state index contributed by atoms with van der Waals surface area (Å²) in [5, 5.41) is 0. The maximum atomic E-state index is 13.3. The first-order valence-corrected chi connectivity index (χ1v) is 7.01. The Morgan fingerprint density at radius 3 is 2.76 bits per heavy atom. The van der Waals surface area contributed by atoms with Crippen molar-refractivity contribution in [1.82, 2.24) is 4.90 Å². The van der Waals surface area contributed by atoms with Crippen LogP contribution in [0.5, 0.6) is 0 Å². The molecule has 1 heterocycles. The number of benzene rings is 1. The summed E-state index contributed by atoms with van der Waals surface area (Å²) >= 11 is 3.34. The Bertz CT molecular complexity index is 372. The van der Waals surface area contributed by atoms with Gasteiger partial charge in [0.05, 0.1) is 0 Å². The summed E-state index contributed by atoms with van der Waals surface area (Å²) in [6, 6.07) is 5.14. The molecular weight excluding hydrogens is 281 g/mol. The van der Waals surface area contributed by atoms with E-state index in [0.29, 0.717) is 0 Å². The molecule has 2 rings (SSSR count). The van der Waals surface area contributed by atoms with Gasteiger partial charge >= 0.3 is 0 Å². The maximum Gasteiger partial charge on any atom is 0.124 e. The standard InChI is InChI=1S/C14H19BrFN/c1-10(2)12-3-4-17(9-12)8-11-5-13(15)7-14(16)6-11/h5-7,10,12H,3-4,8-9H2,1-2H3. The predicted molar refractivity (Wildman–Crippen MR) is 72.3 cm³/mol. The molecule has 1 unspecified atom stereocenters. The highest BCUT2D eigenvalue weighted by Crippen LogP contribution is 2.25. The fourth-order valence-corrected chi connectivity index (χ4v) is 3.02. The normalized spacial score (nSPS) is 21.4. The molecule has 1 saturated heterocycles. The quantitative estimate of drug-likeness (QED) is 0.813. The molecule has 1 nitrogen and oxygen atoms in total. The van der Waals surface area contributed by atoms with Crippen molar-refractivity contribution in [2.45, 2.75) is 26.8 Å². The molecule has 1 aromatic rings. The topological polar surface area (TPSA) is 3.24 Å². The van der Waals surface area contributed by atoms with Crippen molar-refractivity contribution in [3.05, 3.63) is 34.1 Å². The molecule has 1 aliphatic heterocycles. The minimum Gasteiger partial charge on any atom is -0.299 e. The lowest BCUT2D eigenvalue weighted by Gasteiger charge is -2.18. The van der Waals surface area contributed by atoms with Crippen LogP contribution in [0.3, 0.4) is 0 Å². The minimum atomic E-state index is -0.158. The van der Waals surface area contributed by atoms with Gasteiger partial charge in [0.2, 0.25) is 0 Å². The third kappa shape index (κ3) is 3.52. The average Bonchev–Trinajstić information content (AvgIpc) is 2.64. The van der Waals surface area contributed by atoms with Gasteiger partial charge in [0.25, 0.3) is 0 Å². The second-order valence-corrected chi connectivity index (χ2v) is 6.22. The maximum absolute atomic E-state index is 13.3. The average molecular weight is 300 g/mol. The highest BCUT2D eigenvalue weighted by molar-refractivity contribution is 9.10. The second-order valence-electron chi connectivity index (χ2n) is 5.31. The van der Waals surface area contributed by atoms with E-state index in [1.807, 2.05) is 6.07 Å². The van der Waals surface area contributed by atoms with E-state index in [1.165, 1.54) is 12.5 Å². The zero-order valence-electron chi connectivity index (χ0n) is 10.4. The van der Waals surface area contributed by atoms with Crippen molar-refractivity contribution in [3.8, 4) is 0 Å². The molecule has 0 N–H and O–H groups in total. The molecule has 0 amide bonds. The number of nitrogens with zero attached hydrogens (tertiary/aromatic N) is 1. The van der Waals surface area contributed by atoms with Gasteiger partial charge in [0.1, 0.15) is 5.82 Å². The van der Waals surface area contributed by atoms with Gasteiger partial charge in [-0.15, -0.1) is 0 Å². The van der Waals surface area contributed by atoms with E-state index < -0.39 is 0 Å². The number of halogens is 2. The molecule has 1 fully saturated rings. The smallest absolute Gasteiger partial charge is 0.124 e. The van der Waals surface area contributed by atoms with Crippen LogP contribution in [0.1, 0.15) is 25.8 Å². The lowest BCUT2D eigenvalue weighted by atomic mass is 9.95. The van der Waals surface area contributed by atoms with Gasteiger partial charge in [-0.2, -0.15) is 0 Å². The van der Waals surface area contributed by atoms with Gasteiger partial charge in [0, 0.05) is 17.6 Å². The van der Waals surface area contributed by atoms with Gasteiger partial charge in [-0.05, 0) is 48.6 Å². The van der Waals surface area contributed by atoms with Crippen LogP contribution in [-0.2, 0) is 6.54 Å². The summed E-state index contributed by atoms with van der Waals surface area (Å²) in [6.45, 7) is 7.71. The molecule has 1 aliphatic rings. The highest BCUT2D eigenvalue weighted by Gasteiger charge is 2.24. The number of rotatable bonds is 3. The predicted octanol–water partition coefficient (Wildman–Crippen LogP) is 4.07. The summed E-state index contributed by atoms with van der Waals surface area (Å²) in [5.41, 5.74) is 1.06. The van der Waals surface area contributed by atoms with Crippen molar-refractivity contribution in [2.24, 2.45) is 11.8 Å². The van der Waals surface area contributed by atoms with Crippen LogP contribution in [0.25, 0.3) is 0 Å². The second kappa shape index (κ2) is 5.49. The third-order valence-electron chi connectivity index (χ3n) is 3.58. The van der Waals surface area contributed by atoms with Gasteiger partial charge < -0.3 is 0 Å². The first-order chi connectivity index (χ1) is 8.04. The third-order valence-corrected chi connectivity index (χ3v) is 4.04. The SMILES string of the molecule is CC(C)C1CCN(Cc2cc(F)cc(Br)c2)C1. The van der Waals surface area contributed by atoms with Crippen molar-refractivity contribution < 1.29 is 4.39 Å². The molecule has 0 bridgehead atoms. The van der Waals surface area contributed by atoms with Crippen LogP contribution >= 0.6 is 15.9 Å². The van der Waals surface area contributed by atoms with Crippen LogP contribution in [0.4, 0.5) is 4.39 Å². The Balaban J connectivity index is 1.98. The monoisotopic (exact) mass is 299 g/mol. The first kappa shape index (κ1) is 13.0. The minimum absolute atomic E-state index is 0.158. The molecule has 0 aliphatic carbocycles. The van der Waals surface area contributed by atoms with E-state index in [4.69, 9.17) is 0 Å². The zero-order valence-corrected chi connectivity index (χ0v) is 12.0. The van der Waals surface area contributed by atoms with E-state index >= 15 is 0 Å². The molecule has 17 heavy (non-hydrogen) atoms. The molecule has 0 aromatic heterocycles. The van der Waals surface area contributed by atoms with Crippen LogP contribution in [0.2, 0.25) is 0 Å². The van der Waals surface area contributed by atoms with Crippen LogP contribution in [-0.4, -0.2) is 18.0 Å². The molecule has 0 saturated carbocycles. The zero-order chi connectivity index (χ0) is 12.4. The highest BCUT2D eigenvalue weighted by atomic mass is 79.9. The summed E-state index contributed by atoms with van der Waals surface area (Å²) in [6.07, 6.45) is 1.27. The molecule has 94 valence electrons. The summed E-state index contributed by atoms with van der Waals surface area (Å²) in [4.78, 5) is 2.42. The molecule has 3 heteroatoms. The molecule has 0 spiro atoms. The van der Waals surface area contributed by atoms with Crippen LogP contribution in [0.15, 0.2) is 22.7 Å². The fourth-order valence-electron chi connectivity index (χ4n) is 2.51. The summed E-state index contributed by atoms with van der Waals surface area (Å²) in [5.74, 6) is 1.39. The Morgan fingerprint density at radius 1 is 1.41 bits per heavy atom. The first-order valence-electron chi connectivity index (χ1n) is 6.22. The number of hydrogen-bond acceptors (Lipinski definition) is 1. The van der Waals surface area contributed by atoms with E-state index in [-0.39, 0.29) is 5.82 Å². The fraction of sp³-hybridized carbons (Fsp3) is 0.571. The Morgan fingerprint density at radius 2 is 2.18 bits per heavy atom. The Labute approximate surface area is 111 Å². The van der Waals surface area contributed by atoms with Crippen LogP contribution < -0.4 is 0 Å². The van der Waals surface area contributed by atoms with Crippen LogP contribution in [0, 0.1) is 17.7 Å². The van der Waals surface area contributed by atoms with E-state index in [0.717, 1.165) is 41.5 Å². The number of likely N-dealkylation sites (tertiary alicyclic amines) is 1. The van der Waals surface area contributed by atoms with E-state index in [2.05, 4.69) is 34.7 Å². The van der Waals surface area contributed by atoms with Crippen molar-refractivity contribution in [3.63, 3.8) is 0 Å². The van der Waals surface area contributed by atoms with Gasteiger partial charge in [-0.3, -0.25) is 4.90 Å². The molecule has 1 atom stereocenters. The molecular formula is C14H19BrFN. The number of hydrogen-bond donors (Lipinski definition) is 0. The van der Waals surface area contributed by atoms with Gasteiger partial charge in [0.15, 0.2) is 0 Å². The van der Waals surface area contributed by atoms with E-state index in [9.17, 15) is 4.39 Å².